The lowest BCUT2D eigenvalue weighted by Crippen LogP contribution is -2.31. The number of amides is 1. The number of aromatic nitrogens is 1. The molecule has 0 radical (unpaired) electrons. The number of carbonyl (C=O) groups is 1. The Labute approximate surface area is 169 Å². The van der Waals surface area contributed by atoms with Gasteiger partial charge >= 0.3 is 0 Å². The molecule has 0 aliphatic heterocycles. The van der Waals surface area contributed by atoms with Gasteiger partial charge in [0.15, 0.2) is 5.76 Å². The molecule has 0 N–H and O–H groups in total. The standard InChI is InChI=1S/C21H17BrN2O2S/c1-13-5-3-9-23-20(13)24(12-16-6-4-10-27-16)21(25)19-14(2)17-11-15(22)7-8-18(17)26-19/h3-11H,12H2,1-2H3. The molecule has 3 aromatic heterocycles. The van der Waals surface area contributed by atoms with Crippen LogP contribution in [0.15, 0.2) is 62.9 Å². The van der Waals surface area contributed by atoms with Crippen LogP contribution in [0.1, 0.15) is 26.6 Å². The molecule has 0 atom stereocenters. The van der Waals surface area contributed by atoms with E-state index in [-0.39, 0.29) is 5.91 Å². The van der Waals surface area contributed by atoms with Crippen LogP contribution in [0.3, 0.4) is 0 Å². The Hall–Kier alpha value is -2.44. The summed E-state index contributed by atoms with van der Waals surface area (Å²) in [6.45, 7) is 4.33. The Morgan fingerprint density at radius 2 is 2.07 bits per heavy atom. The van der Waals surface area contributed by atoms with Gasteiger partial charge in [-0.1, -0.05) is 28.1 Å². The quantitative estimate of drug-likeness (QED) is 0.384. The van der Waals surface area contributed by atoms with Gasteiger partial charge in [-0.05, 0) is 55.1 Å². The first-order valence-corrected chi connectivity index (χ1v) is 10.2. The molecule has 0 unspecified atom stereocenters. The first-order valence-electron chi connectivity index (χ1n) is 8.49. The van der Waals surface area contributed by atoms with Crippen molar-refractivity contribution in [3.05, 3.63) is 80.3 Å². The third-order valence-corrected chi connectivity index (χ3v) is 5.82. The van der Waals surface area contributed by atoms with Gasteiger partial charge in [0.05, 0.1) is 6.54 Å². The molecule has 4 aromatic rings. The van der Waals surface area contributed by atoms with E-state index in [9.17, 15) is 4.79 Å². The third kappa shape index (κ3) is 3.42. The van der Waals surface area contributed by atoms with E-state index in [4.69, 9.17) is 4.42 Å². The van der Waals surface area contributed by atoms with Crippen molar-refractivity contribution in [1.82, 2.24) is 4.98 Å². The number of anilines is 1. The second-order valence-electron chi connectivity index (χ2n) is 6.31. The van der Waals surface area contributed by atoms with E-state index in [0.29, 0.717) is 23.7 Å². The molecule has 0 spiro atoms. The maximum atomic E-state index is 13.5. The number of hydrogen-bond donors (Lipinski definition) is 0. The maximum absolute atomic E-state index is 13.5. The average Bonchev–Trinajstić information content (AvgIpc) is 3.28. The normalized spacial score (nSPS) is 11.1. The highest BCUT2D eigenvalue weighted by Gasteiger charge is 2.26. The molecule has 6 heteroatoms. The number of rotatable bonds is 4. The van der Waals surface area contributed by atoms with E-state index in [1.165, 1.54) is 0 Å². The predicted octanol–water partition coefficient (Wildman–Crippen LogP) is 6.12. The zero-order chi connectivity index (χ0) is 19.0. The van der Waals surface area contributed by atoms with E-state index in [2.05, 4.69) is 20.9 Å². The zero-order valence-corrected chi connectivity index (χ0v) is 17.3. The Morgan fingerprint density at radius 1 is 1.22 bits per heavy atom. The van der Waals surface area contributed by atoms with Gasteiger partial charge in [0.1, 0.15) is 11.4 Å². The molecule has 1 amide bonds. The summed E-state index contributed by atoms with van der Waals surface area (Å²) in [5.74, 6) is 0.816. The first-order chi connectivity index (χ1) is 13.0. The molecule has 0 fully saturated rings. The van der Waals surface area contributed by atoms with Crippen LogP contribution >= 0.6 is 27.3 Å². The molecule has 1 aromatic carbocycles. The molecule has 27 heavy (non-hydrogen) atoms. The monoisotopic (exact) mass is 440 g/mol. The van der Waals surface area contributed by atoms with E-state index in [0.717, 1.165) is 25.9 Å². The van der Waals surface area contributed by atoms with Crippen LogP contribution < -0.4 is 4.90 Å². The molecule has 3 heterocycles. The fourth-order valence-corrected chi connectivity index (χ4v) is 4.13. The molecular weight excluding hydrogens is 424 g/mol. The summed E-state index contributed by atoms with van der Waals surface area (Å²) in [7, 11) is 0. The number of nitrogens with zero attached hydrogens (tertiary/aromatic N) is 2. The highest BCUT2D eigenvalue weighted by atomic mass is 79.9. The van der Waals surface area contributed by atoms with Crippen LogP contribution in [-0.2, 0) is 6.54 Å². The second kappa shape index (κ2) is 7.29. The third-order valence-electron chi connectivity index (χ3n) is 4.47. The number of aryl methyl sites for hydroxylation is 2. The van der Waals surface area contributed by atoms with Gasteiger partial charge in [-0.2, -0.15) is 0 Å². The summed E-state index contributed by atoms with van der Waals surface area (Å²) in [6, 6.07) is 13.6. The predicted molar refractivity (Wildman–Crippen MR) is 112 cm³/mol. The van der Waals surface area contributed by atoms with Crippen molar-refractivity contribution in [2.24, 2.45) is 0 Å². The topological polar surface area (TPSA) is 46.3 Å². The number of halogens is 1. The summed E-state index contributed by atoms with van der Waals surface area (Å²) in [4.78, 5) is 20.7. The van der Waals surface area contributed by atoms with Gasteiger partial charge in [0, 0.05) is 26.5 Å². The Morgan fingerprint density at radius 3 is 2.81 bits per heavy atom. The molecule has 4 rings (SSSR count). The Balaban J connectivity index is 1.81. The van der Waals surface area contributed by atoms with E-state index in [1.807, 2.05) is 61.7 Å². The average molecular weight is 441 g/mol. The second-order valence-corrected chi connectivity index (χ2v) is 8.26. The van der Waals surface area contributed by atoms with Crippen molar-refractivity contribution < 1.29 is 9.21 Å². The SMILES string of the molecule is Cc1cccnc1N(Cc1cccs1)C(=O)c1oc2ccc(Br)cc2c1C. The van der Waals surface area contributed by atoms with Crippen molar-refractivity contribution in [3.8, 4) is 0 Å². The molecule has 0 aliphatic carbocycles. The summed E-state index contributed by atoms with van der Waals surface area (Å²) in [6.07, 6.45) is 1.71. The smallest absolute Gasteiger partial charge is 0.295 e. The molecule has 136 valence electrons. The van der Waals surface area contributed by atoms with Crippen LogP contribution in [0.25, 0.3) is 11.0 Å². The largest absolute Gasteiger partial charge is 0.451 e. The minimum atomic E-state index is -0.185. The van der Waals surface area contributed by atoms with Gasteiger partial charge in [-0.25, -0.2) is 4.98 Å². The number of benzene rings is 1. The van der Waals surface area contributed by atoms with E-state index < -0.39 is 0 Å². The highest BCUT2D eigenvalue weighted by Crippen LogP contribution is 2.31. The number of furan rings is 1. The summed E-state index contributed by atoms with van der Waals surface area (Å²) >= 11 is 5.10. The van der Waals surface area contributed by atoms with Gasteiger partial charge in [-0.3, -0.25) is 9.69 Å². The van der Waals surface area contributed by atoms with Crippen molar-refractivity contribution in [3.63, 3.8) is 0 Å². The van der Waals surface area contributed by atoms with Gasteiger partial charge in [0.2, 0.25) is 0 Å². The number of carbonyl (C=O) groups excluding carboxylic acids is 1. The fourth-order valence-electron chi connectivity index (χ4n) is 3.08. The van der Waals surface area contributed by atoms with Crippen molar-refractivity contribution in [2.75, 3.05) is 4.90 Å². The zero-order valence-electron chi connectivity index (χ0n) is 14.9. The Kier molecular flexibility index (Phi) is 4.85. The molecule has 0 aliphatic rings. The number of hydrogen-bond acceptors (Lipinski definition) is 4. The lowest BCUT2D eigenvalue weighted by Gasteiger charge is -2.22. The van der Waals surface area contributed by atoms with Crippen LogP contribution in [-0.4, -0.2) is 10.9 Å². The molecule has 0 saturated heterocycles. The number of thiophene rings is 1. The maximum Gasteiger partial charge on any atom is 0.295 e. The first kappa shape index (κ1) is 17.9. The van der Waals surface area contributed by atoms with Gasteiger partial charge in [-0.15, -0.1) is 11.3 Å². The van der Waals surface area contributed by atoms with Crippen LogP contribution in [0.2, 0.25) is 0 Å². The Bertz CT molecular complexity index is 1120. The summed E-state index contributed by atoms with van der Waals surface area (Å²) < 4.78 is 6.89. The minimum absolute atomic E-state index is 0.185. The molecule has 4 nitrogen and oxygen atoms in total. The van der Waals surface area contributed by atoms with Crippen LogP contribution in [0.4, 0.5) is 5.82 Å². The van der Waals surface area contributed by atoms with Crippen molar-refractivity contribution in [1.29, 1.82) is 0 Å². The lowest BCUT2D eigenvalue weighted by atomic mass is 10.1. The van der Waals surface area contributed by atoms with Gasteiger partial charge < -0.3 is 4.42 Å². The van der Waals surface area contributed by atoms with E-state index >= 15 is 0 Å². The molecule has 0 saturated carbocycles. The fraction of sp³-hybridized carbons (Fsp3) is 0.143. The molecule has 0 bridgehead atoms. The summed E-state index contributed by atoms with van der Waals surface area (Å²) in [5, 5.41) is 2.94. The minimum Gasteiger partial charge on any atom is -0.451 e. The molecular formula is C21H17BrN2O2S. The highest BCUT2D eigenvalue weighted by molar-refractivity contribution is 9.10. The summed E-state index contributed by atoms with van der Waals surface area (Å²) in [5.41, 5.74) is 2.48. The lowest BCUT2D eigenvalue weighted by molar-refractivity contribution is 0.0959. The van der Waals surface area contributed by atoms with Gasteiger partial charge in [0.25, 0.3) is 5.91 Å². The van der Waals surface area contributed by atoms with Crippen molar-refractivity contribution >= 4 is 50.0 Å². The van der Waals surface area contributed by atoms with Crippen LogP contribution in [0.5, 0.6) is 0 Å². The van der Waals surface area contributed by atoms with E-state index in [1.54, 1.807) is 22.4 Å². The van der Waals surface area contributed by atoms with Crippen LogP contribution in [0, 0.1) is 13.8 Å². The number of fused-ring (bicyclic) bond motifs is 1. The number of pyridine rings is 1. The van der Waals surface area contributed by atoms with Crippen molar-refractivity contribution in [2.45, 2.75) is 20.4 Å².